The monoisotopic (exact) mass is 497 g/mol. The molecular formula is C28H27N5O4. The molecule has 0 bridgehead atoms. The van der Waals surface area contributed by atoms with Crippen molar-refractivity contribution in [1.29, 1.82) is 0 Å². The fraction of sp³-hybridized carbons (Fsp3) is 0.250. The van der Waals surface area contributed by atoms with E-state index in [9.17, 15) is 4.79 Å². The third kappa shape index (κ3) is 3.92. The Balaban J connectivity index is 1.31. The Kier molecular flexibility index (Phi) is 5.48. The smallest absolute Gasteiger partial charge is 0.245 e. The van der Waals surface area contributed by atoms with Gasteiger partial charge in [-0.15, -0.1) is 0 Å². The van der Waals surface area contributed by atoms with Gasteiger partial charge in [-0.05, 0) is 42.5 Å². The quantitative estimate of drug-likeness (QED) is 0.374. The molecule has 2 aliphatic rings. The summed E-state index contributed by atoms with van der Waals surface area (Å²) in [6.07, 6.45) is 4.56. The minimum Gasteiger partial charge on any atom is -0.495 e. The number of carbonyl (C=O) groups is 1. The third-order valence-corrected chi connectivity index (χ3v) is 7.13. The predicted octanol–water partition coefficient (Wildman–Crippen LogP) is 4.49. The molecule has 0 aliphatic carbocycles. The van der Waals surface area contributed by atoms with Crippen molar-refractivity contribution in [3.05, 3.63) is 67.7 Å². The van der Waals surface area contributed by atoms with Crippen molar-refractivity contribution in [2.75, 3.05) is 50.6 Å². The summed E-state index contributed by atoms with van der Waals surface area (Å²) in [5.74, 6) is 2.85. The van der Waals surface area contributed by atoms with Crippen LogP contribution in [0.3, 0.4) is 0 Å². The largest absolute Gasteiger partial charge is 0.495 e. The number of aromatic nitrogens is 2. The van der Waals surface area contributed by atoms with Gasteiger partial charge < -0.3 is 29.0 Å². The van der Waals surface area contributed by atoms with Gasteiger partial charge in [-0.1, -0.05) is 6.58 Å². The topological polar surface area (TPSA) is 93.0 Å². The molecular weight excluding hydrogens is 470 g/mol. The number of benzene rings is 2. The standard InChI is InChI=1S/C28H27N5O4/c1-4-26(34)33-15-28(16-33)13-32(14-28)22-11-19-20(12-25(22)36-3)29-17-30-27(19)31-21-10-18(7-8-24(21)35-2)23-6-5-9-37-23/h4-12,17H,1,13-16H2,2-3H3,(H,29,30,31). The van der Waals surface area contributed by atoms with Crippen molar-refractivity contribution in [3.63, 3.8) is 0 Å². The summed E-state index contributed by atoms with van der Waals surface area (Å²) < 4.78 is 16.9. The average molecular weight is 498 g/mol. The van der Waals surface area contributed by atoms with Gasteiger partial charge in [0.05, 0.1) is 37.4 Å². The number of rotatable bonds is 7. The molecule has 9 heteroatoms. The number of likely N-dealkylation sites (tertiary alicyclic amines) is 1. The number of hydrogen-bond donors (Lipinski definition) is 1. The maximum atomic E-state index is 11.9. The van der Waals surface area contributed by atoms with Crippen molar-refractivity contribution in [2.24, 2.45) is 5.41 Å². The van der Waals surface area contributed by atoms with Gasteiger partial charge in [0.25, 0.3) is 0 Å². The molecule has 2 fully saturated rings. The van der Waals surface area contributed by atoms with E-state index in [0.29, 0.717) is 11.6 Å². The Morgan fingerprint density at radius 1 is 1.08 bits per heavy atom. The van der Waals surface area contributed by atoms with E-state index >= 15 is 0 Å². The number of hydrogen-bond acceptors (Lipinski definition) is 8. The molecule has 37 heavy (non-hydrogen) atoms. The second kappa shape index (κ2) is 8.85. The molecule has 1 N–H and O–H groups in total. The summed E-state index contributed by atoms with van der Waals surface area (Å²) in [4.78, 5) is 25.0. The zero-order chi connectivity index (χ0) is 25.6. The Bertz CT molecular complexity index is 1490. The highest BCUT2D eigenvalue weighted by Crippen LogP contribution is 2.46. The van der Waals surface area contributed by atoms with E-state index in [4.69, 9.17) is 13.9 Å². The molecule has 1 spiro atoms. The zero-order valence-electron chi connectivity index (χ0n) is 20.7. The van der Waals surface area contributed by atoms with Gasteiger partial charge in [0.2, 0.25) is 5.91 Å². The van der Waals surface area contributed by atoms with Crippen LogP contribution in [-0.2, 0) is 4.79 Å². The summed E-state index contributed by atoms with van der Waals surface area (Å²) in [6.45, 7) is 6.80. The molecule has 2 saturated heterocycles. The second-order valence-corrected chi connectivity index (χ2v) is 9.54. The second-order valence-electron chi connectivity index (χ2n) is 9.54. The van der Waals surface area contributed by atoms with Crippen LogP contribution in [0.15, 0.2) is 72.1 Å². The summed E-state index contributed by atoms with van der Waals surface area (Å²) in [5.41, 5.74) is 3.55. The Morgan fingerprint density at radius 2 is 1.89 bits per heavy atom. The van der Waals surface area contributed by atoms with Crippen LogP contribution in [0, 0.1) is 5.41 Å². The molecule has 4 heterocycles. The predicted molar refractivity (Wildman–Crippen MR) is 141 cm³/mol. The lowest BCUT2D eigenvalue weighted by molar-refractivity contribution is -0.139. The molecule has 4 aromatic rings. The first-order valence-electron chi connectivity index (χ1n) is 12.0. The van der Waals surface area contributed by atoms with Crippen LogP contribution in [0.4, 0.5) is 17.2 Å². The number of amides is 1. The maximum absolute atomic E-state index is 11.9. The van der Waals surface area contributed by atoms with Crippen molar-refractivity contribution in [2.45, 2.75) is 0 Å². The van der Waals surface area contributed by atoms with Gasteiger partial charge in [0, 0.05) is 48.6 Å². The third-order valence-electron chi connectivity index (χ3n) is 7.13. The van der Waals surface area contributed by atoms with E-state index in [1.807, 2.05) is 41.3 Å². The van der Waals surface area contributed by atoms with Crippen molar-refractivity contribution < 1.29 is 18.7 Å². The molecule has 6 rings (SSSR count). The lowest BCUT2D eigenvalue weighted by Crippen LogP contribution is -2.73. The number of nitrogens with zero attached hydrogens (tertiary/aromatic N) is 4. The minimum absolute atomic E-state index is 0.00762. The van der Waals surface area contributed by atoms with Crippen molar-refractivity contribution >= 4 is 34.0 Å². The van der Waals surface area contributed by atoms with E-state index < -0.39 is 0 Å². The molecule has 0 radical (unpaired) electrons. The molecule has 1 amide bonds. The van der Waals surface area contributed by atoms with Gasteiger partial charge in [-0.2, -0.15) is 0 Å². The van der Waals surface area contributed by atoms with Gasteiger partial charge >= 0.3 is 0 Å². The Labute approximate surface area is 214 Å². The van der Waals surface area contributed by atoms with E-state index in [-0.39, 0.29) is 11.3 Å². The maximum Gasteiger partial charge on any atom is 0.245 e. The number of methoxy groups -OCH3 is 2. The van der Waals surface area contributed by atoms with Gasteiger partial charge in [0.1, 0.15) is 29.4 Å². The van der Waals surface area contributed by atoms with Gasteiger partial charge in [-0.25, -0.2) is 9.97 Å². The normalized spacial score (nSPS) is 15.7. The fourth-order valence-corrected chi connectivity index (χ4v) is 5.29. The highest BCUT2D eigenvalue weighted by atomic mass is 16.5. The van der Waals surface area contributed by atoms with Crippen LogP contribution in [-0.4, -0.2) is 61.2 Å². The number of nitrogens with one attached hydrogen (secondary N) is 1. The van der Waals surface area contributed by atoms with E-state index in [1.54, 1.807) is 20.5 Å². The minimum atomic E-state index is -0.00762. The summed E-state index contributed by atoms with van der Waals surface area (Å²) in [5, 5.41) is 4.30. The molecule has 2 aliphatic heterocycles. The molecule has 188 valence electrons. The van der Waals surface area contributed by atoms with Gasteiger partial charge in [0.15, 0.2) is 0 Å². The molecule has 9 nitrogen and oxygen atoms in total. The Hall–Kier alpha value is -4.53. The summed E-state index contributed by atoms with van der Waals surface area (Å²) in [7, 11) is 3.30. The van der Waals surface area contributed by atoms with Crippen LogP contribution in [0.25, 0.3) is 22.2 Å². The van der Waals surface area contributed by atoms with Crippen LogP contribution in [0.2, 0.25) is 0 Å². The first-order chi connectivity index (χ1) is 18.0. The molecule has 0 unspecified atom stereocenters. The van der Waals surface area contributed by atoms with Crippen LogP contribution in [0.1, 0.15) is 0 Å². The molecule has 0 saturated carbocycles. The molecule has 2 aromatic heterocycles. The Morgan fingerprint density at radius 3 is 2.59 bits per heavy atom. The number of furan rings is 1. The summed E-state index contributed by atoms with van der Waals surface area (Å²) >= 11 is 0. The first kappa shape index (κ1) is 22.9. The lowest BCUT2D eigenvalue weighted by atomic mass is 9.72. The SMILES string of the molecule is C=CC(=O)N1CC2(C1)CN(c1cc3c(Nc4cc(-c5ccco5)ccc4OC)ncnc3cc1OC)C2. The van der Waals surface area contributed by atoms with E-state index in [2.05, 4.69) is 32.8 Å². The molecule has 2 aromatic carbocycles. The average Bonchev–Trinajstić information content (AvgIpc) is 3.42. The van der Waals surface area contributed by atoms with Crippen LogP contribution >= 0.6 is 0 Å². The first-order valence-corrected chi connectivity index (χ1v) is 12.0. The number of ether oxygens (including phenoxy) is 2. The van der Waals surface area contributed by atoms with Crippen molar-refractivity contribution in [3.8, 4) is 22.8 Å². The number of carbonyl (C=O) groups excluding carboxylic acids is 1. The molecule has 0 atom stereocenters. The number of fused-ring (bicyclic) bond motifs is 1. The van der Waals surface area contributed by atoms with E-state index in [0.717, 1.165) is 65.5 Å². The van der Waals surface area contributed by atoms with Crippen molar-refractivity contribution in [1.82, 2.24) is 14.9 Å². The fourth-order valence-electron chi connectivity index (χ4n) is 5.29. The van der Waals surface area contributed by atoms with Crippen LogP contribution < -0.4 is 19.7 Å². The highest BCUT2D eigenvalue weighted by molar-refractivity contribution is 5.96. The highest BCUT2D eigenvalue weighted by Gasteiger charge is 2.53. The van der Waals surface area contributed by atoms with Crippen LogP contribution in [0.5, 0.6) is 11.5 Å². The number of anilines is 3. The van der Waals surface area contributed by atoms with E-state index in [1.165, 1.54) is 12.4 Å². The summed E-state index contributed by atoms with van der Waals surface area (Å²) in [6, 6.07) is 13.6. The van der Waals surface area contributed by atoms with Gasteiger partial charge in [-0.3, -0.25) is 4.79 Å². The zero-order valence-corrected chi connectivity index (χ0v) is 20.7. The lowest BCUT2D eigenvalue weighted by Gasteiger charge is -2.60.